The van der Waals surface area contributed by atoms with Crippen molar-refractivity contribution in [2.75, 3.05) is 7.11 Å². The van der Waals surface area contributed by atoms with E-state index in [1.165, 1.54) is 25.3 Å². The van der Waals surface area contributed by atoms with Crippen LogP contribution >= 0.6 is 0 Å². The highest BCUT2D eigenvalue weighted by Crippen LogP contribution is 2.16. The van der Waals surface area contributed by atoms with Crippen LogP contribution in [0.3, 0.4) is 0 Å². The van der Waals surface area contributed by atoms with Gasteiger partial charge in [-0.1, -0.05) is 24.3 Å². The topological polar surface area (TPSA) is 96.6 Å². The van der Waals surface area contributed by atoms with Crippen molar-refractivity contribution in [2.24, 2.45) is 0 Å². The summed E-state index contributed by atoms with van der Waals surface area (Å²) in [6.45, 7) is 0.292. The van der Waals surface area contributed by atoms with Gasteiger partial charge in [-0.15, -0.1) is 0 Å². The average molecular weight is 337 g/mol. The Kier molecular flexibility index (Phi) is 5.91. The minimum absolute atomic E-state index is 0.0883. The van der Waals surface area contributed by atoms with E-state index in [0.717, 1.165) is 5.56 Å². The normalized spacial score (nSPS) is 10.6. The maximum Gasteiger partial charge on any atom is 0.348 e. The van der Waals surface area contributed by atoms with Crippen LogP contribution in [0, 0.1) is 11.3 Å². The smallest absolute Gasteiger partial charge is 0.348 e. The van der Waals surface area contributed by atoms with Gasteiger partial charge in [0.15, 0.2) is 0 Å². The molecule has 25 heavy (non-hydrogen) atoms. The van der Waals surface area contributed by atoms with Gasteiger partial charge in [-0.25, -0.2) is 9.59 Å². The van der Waals surface area contributed by atoms with E-state index in [-0.39, 0.29) is 11.1 Å². The summed E-state index contributed by atoms with van der Waals surface area (Å²) in [4.78, 5) is 22.2. The number of aromatic carboxylic acids is 1. The van der Waals surface area contributed by atoms with Crippen molar-refractivity contribution in [3.63, 3.8) is 0 Å². The summed E-state index contributed by atoms with van der Waals surface area (Å²) in [5, 5.41) is 17.8. The molecule has 2 aromatic rings. The second kappa shape index (κ2) is 8.31. The summed E-state index contributed by atoms with van der Waals surface area (Å²) in [5.74, 6) is -1.05. The lowest BCUT2D eigenvalue weighted by Gasteiger charge is -2.07. The summed E-state index contributed by atoms with van der Waals surface area (Å²) in [5.41, 5.74) is 1.64. The average Bonchev–Trinajstić information content (AvgIpc) is 2.65. The number of benzene rings is 2. The van der Waals surface area contributed by atoms with E-state index in [1.54, 1.807) is 42.5 Å². The molecule has 0 amide bonds. The van der Waals surface area contributed by atoms with Crippen LogP contribution in [-0.4, -0.2) is 24.2 Å². The van der Waals surface area contributed by atoms with Gasteiger partial charge in [0.2, 0.25) is 0 Å². The van der Waals surface area contributed by atoms with Crippen LogP contribution < -0.4 is 4.74 Å². The van der Waals surface area contributed by atoms with Gasteiger partial charge in [0, 0.05) is 0 Å². The first kappa shape index (κ1) is 17.8. The van der Waals surface area contributed by atoms with Crippen molar-refractivity contribution in [2.45, 2.75) is 6.61 Å². The SMILES string of the molecule is COC(=O)C(C#N)=Cc1ccc(OCc2ccc(C(=O)O)cc2)cc1. The highest BCUT2D eigenvalue weighted by Gasteiger charge is 2.08. The first-order valence-corrected chi connectivity index (χ1v) is 7.28. The van der Waals surface area contributed by atoms with E-state index in [1.807, 2.05) is 0 Å². The summed E-state index contributed by atoms with van der Waals surface area (Å²) in [6, 6.07) is 15.1. The molecule has 2 aromatic carbocycles. The fourth-order valence-corrected chi connectivity index (χ4v) is 1.98. The minimum Gasteiger partial charge on any atom is -0.489 e. The van der Waals surface area contributed by atoms with Gasteiger partial charge in [-0.3, -0.25) is 0 Å². The van der Waals surface area contributed by atoms with Gasteiger partial charge < -0.3 is 14.6 Å². The van der Waals surface area contributed by atoms with Crippen LogP contribution in [0.1, 0.15) is 21.5 Å². The van der Waals surface area contributed by atoms with Gasteiger partial charge in [0.05, 0.1) is 12.7 Å². The van der Waals surface area contributed by atoms with Crippen molar-refractivity contribution < 1.29 is 24.2 Å². The Morgan fingerprint density at radius 3 is 2.28 bits per heavy atom. The molecular weight excluding hydrogens is 322 g/mol. The molecule has 0 bridgehead atoms. The van der Waals surface area contributed by atoms with E-state index >= 15 is 0 Å². The number of carbonyl (C=O) groups excluding carboxylic acids is 1. The number of carbonyl (C=O) groups is 2. The molecule has 0 saturated carbocycles. The lowest BCUT2D eigenvalue weighted by atomic mass is 10.1. The summed E-state index contributed by atoms with van der Waals surface area (Å²) in [6.07, 6.45) is 1.43. The second-order valence-corrected chi connectivity index (χ2v) is 5.02. The van der Waals surface area contributed by atoms with Gasteiger partial charge in [0.25, 0.3) is 0 Å². The zero-order valence-electron chi connectivity index (χ0n) is 13.4. The maximum atomic E-state index is 11.4. The fourth-order valence-electron chi connectivity index (χ4n) is 1.98. The second-order valence-electron chi connectivity index (χ2n) is 5.02. The summed E-state index contributed by atoms with van der Waals surface area (Å²) >= 11 is 0. The fraction of sp³-hybridized carbons (Fsp3) is 0.105. The molecule has 126 valence electrons. The van der Waals surface area contributed by atoms with Crippen LogP contribution in [0.15, 0.2) is 54.1 Å². The van der Waals surface area contributed by atoms with Crippen molar-refractivity contribution in [3.05, 3.63) is 70.8 Å². The molecule has 0 saturated heterocycles. The van der Waals surface area contributed by atoms with Crippen LogP contribution in [0.2, 0.25) is 0 Å². The third-order valence-electron chi connectivity index (χ3n) is 3.32. The molecule has 0 heterocycles. The Morgan fingerprint density at radius 2 is 1.76 bits per heavy atom. The number of nitriles is 1. The number of rotatable bonds is 6. The molecule has 0 fully saturated rings. The molecule has 0 atom stereocenters. The van der Waals surface area contributed by atoms with E-state index in [0.29, 0.717) is 17.9 Å². The number of methoxy groups -OCH3 is 1. The quantitative estimate of drug-likeness (QED) is 0.494. The number of hydrogen-bond donors (Lipinski definition) is 1. The standard InChI is InChI=1S/C19H15NO5/c1-24-19(23)16(11-20)10-13-4-8-17(9-5-13)25-12-14-2-6-15(7-3-14)18(21)22/h2-10H,12H2,1H3,(H,21,22). The third-order valence-corrected chi connectivity index (χ3v) is 3.32. The molecule has 6 heteroatoms. The van der Waals surface area contributed by atoms with Crippen LogP contribution in [0.5, 0.6) is 5.75 Å². The number of esters is 1. The number of nitrogens with zero attached hydrogens (tertiary/aromatic N) is 1. The Hall–Kier alpha value is -3.59. The monoisotopic (exact) mass is 337 g/mol. The van der Waals surface area contributed by atoms with Crippen molar-refractivity contribution in [1.29, 1.82) is 5.26 Å². The lowest BCUT2D eigenvalue weighted by molar-refractivity contribution is -0.135. The maximum absolute atomic E-state index is 11.4. The van der Waals surface area contributed by atoms with E-state index < -0.39 is 11.9 Å². The molecular formula is C19H15NO5. The molecule has 0 aliphatic carbocycles. The molecule has 0 spiro atoms. The number of ether oxygens (including phenoxy) is 2. The van der Waals surface area contributed by atoms with Crippen LogP contribution in [0.4, 0.5) is 0 Å². The molecule has 0 unspecified atom stereocenters. The molecule has 0 aromatic heterocycles. The Morgan fingerprint density at radius 1 is 1.12 bits per heavy atom. The Bertz CT molecular complexity index is 830. The molecule has 0 aliphatic heterocycles. The van der Waals surface area contributed by atoms with Crippen LogP contribution in [0.25, 0.3) is 6.08 Å². The molecule has 2 rings (SSSR count). The molecule has 6 nitrogen and oxygen atoms in total. The Labute approximate surface area is 144 Å². The minimum atomic E-state index is -0.972. The number of carboxylic acid groups (broad SMARTS) is 1. The first-order valence-electron chi connectivity index (χ1n) is 7.28. The summed E-state index contributed by atoms with van der Waals surface area (Å²) < 4.78 is 10.1. The summed E-state index contributed by atoms with van der Waals surface area (Å²) in [7, 11) is 1.22. The molecule has 0 radical (unpaired) electrons. The third kappa shape index (κ3) is 4.94. The predicted molar refractivity (Wildman–Crippen MR) is 89.8 cm³/mol. The number of hydrogen-bond acceptors (Lipinski definition) is 5. The predicted octanol–water partition coefficient (Wildman–Crippen LogP) is 3.04. The largest absolute Gasteiger partial charge is 0.489 e. The zero-order valence-corrected chi connectivity index (χ0v) is 13.4. The van der Waals surface area contributed by atoms with Crippen molar-refractivity contribution in [1.82, 2.24) is 0 Å². The first-order chi connectivity index (χ1) is 12.0. The lowest BCUT2D eigenvalue weighted by Crippen LogP contribution is -2.02. The van der Waals surface area contributed by atoms with E-state index in [2.05, 4.69) is 4.74 Å². The van der Waals surface area contributed by atoms with Crippen LogP contribution in [-0.2, 0) is 16.1 Å². The highest BCUT2D eigenvalue weighted by molar-refractivity contribution is 5.97. The molecule has 0 aliphatic rings. The Balaban J connectivity index is 2.01. The zero-order chi connectivity index (χ0) is 18.2. The van der Waals surface area contributed by atoms with E-state index in [4.69, 9.17) is 15.1 Å². The van der Waals surface area contributed by atoms with Gasteiger partial charge in [-0.05, 0) is 41.5 Å². The van der Waals surface area contributed by atoms with Crippen molar-refractivity contribution >= 4 is 18.0 Å². The highest BCUT2D eigenvalue weighted by atomic mass is 16.5. The number of carboxylic acids is 1. The van der Waals surface area contributed by atoms with E-state index in [9.17, 15) is 9.59 Å². The van der Waals surface area contributed by atoms with Crippen molar-refractivity contribution in [3.8, 4) is 11.8 Å². The molecule has 1 N–H and O–H groups in total. The van der Waals surface area contributed by atoms with Gasteiger partial charge in [-0.2, -0.15) is 5.26 Å². The van der Waals surface area contributed by atoms with Gasteiger partial charge >= 0.3 is 11.9 Å². The van der Waals surface area contributed by atoms with Gasteiger partial charge in [0.1, 0.15) is 24.0 Å².